The average Bonchev–Trinajstić information content (AvgIpc) is 3.07. The Balaban J connectivity index is 1.75. The lowest BCUT2D eigenvalue weighted by Crippen LogP contribution is -2.41. The second-order valence-electron chi connectivity index (χ2n) is 6.48. The second-order valence-corrected chi connectivity index (χ2v) is 6.48. The Labute approximate surface area is 153 Å². The Bertz CT molecular complexity index is 873. The number of rotatable bonds is 6. The zero-order valence-corrected chi connectivity index (χ0v) is 15.2. The maximum atomic E-state index is 12.8. The van der Waals surface area contributed by atoms with Crippen molar-refractivity contribution < 1.29 is 4.79 Å². The minimum absolute atomic E-state index is 0.0397. The van der Waals surface area contributed by atoms with E-state index in [1.54, 1.807) is 0 Å². The Morgan fingerprint density at radius 3 is 2.58 bits per heavy atom. The Kier molecular flexibility index (Phi) is 5.43. The van der Waals surface area contributed by atoms with E-state index < -0.39 is 0 Å². The topological polar surface area (TPSA) is 73.9 Å². The molecule has 0 unspecified atom stereocenters. The van der Waals surface area contributed by atoms with E-state index in [2.05, 4.69) is 20.5 Å². The van der Waals surface area contributed by atoms with Crippen LogP contribution < -0.4 is 5.32 Å². The maximum absolute atomic E-state index is 12.8. The van der Waals surface area contributed by atoms with Gasteiger partial charge < -0.3 is 5.32 Å². The number of aryl methyl sites for hydroxylation is 1. The summed E-state index contributed by atoms with van der Waals surface area (Å²) in [6, 6.07) is 17.3. The van der Waals surface area contributed by atoms with E-state index in [9.17, 15) is 4.79 Å². The van der Waals surface area contributed by atoms with Crippen LogP contribution in [0.3, 0.4) is 0 Å². The summed E-state index contributed by atoms with van der Waals surface area (Å²) in [5, 5.41) is 10.0. The first-order valence-corrected chi connectivity index (χ1v) is 8.53. The zero-order chi connectivity index (χ0) is 18.5. The maximum Gasteiger partial charge on any atom is 0.242 e. The number of hydrogen-bond acceptors (Lipinski definition) is 4. The molecule has 1 atom stereocenters. The summed E-state index contributed by atoms with van der Waals surface area (Å²) >= 11 is 0. The number of aromatic nitrogens is 3. The fraction of sp³-hybridized carbons (Fsp3) is 0.250. The molecule has 0 aliphatic heterocycles. The van der Waals surface area contributed by atoms with Crippen LogP contribution in [0.5, 0.6) is 0 Å². The minimum atomic E-state index is -0.258. The zero-order valence-electron chi connectivity index (χ0n) is 15.2. The summed E-state index contributed by atoms with van der Waals surface area (Å²) in [6.45, 7) is 1.85. The fourth-order valence-electron chi connectivity index (χ4n) is 2.78. The van der Waals surface area contributed by atoms with Crippen LogP contribution in [0.4, 0.5) is 5.69 Å². The van der Waals surface area contributed by atoms with Gasteiger partial charge in [0.1, 0.15) is 5.82 Å². The van der Waals surface area contributed by atoms with E-state index in [1.807, 2.05) is 80.5 Å². The number of anilines is 1. The van der Waals surface area contributed by atoms with Crippen molar-refractivity contribution >= 4 is 11.6 Å². The Morgan fingerprint density at radius 1 is 1.15 bits per heavy atom. The number of nitrogens with one attached hydrogen (secondary N) is 2. The van der Waals surface area contributed by atoms with Gasteiger partial charge in [-0.15, -0.1) is 0 Å². The van der Waals surface area contributed by atoms with E-state index in [1.165, 1.54) is 0 Å². The number of carbonyl (C=O) groups is 1. The molecule has 2 N–H and O–H groups in total. The molecule has 1 heterocycles. The van der Waals surface area contributed by atoms with E-state index in [-0.39, 0.29) is 11.9 Å². The Morgan fingerprint density at radius 2 is 1.92 bits per heavy atom. The number of amides is 1. The molecule has 1 aromatic heterocycles. The van der Waals surface area contributed by atoms with E-state index in [0.29, 0.717) is 12.2 Å². The van der Waals surface area contributed by atoms with Gasteiger partial charge in [-0.25, -0.2) is 4.98 Å². The molecule has 3 aromatic rings. The van der Waals surface area contributed by atoms with Gasteiger partial charge in [0.2, 0.25) is 5.91 Å². The quantitative estimate of drug-likeness (QED) is 0.718. The third-order valence-electron chi connectivity index (χ3n) is 4.18. The van der Waals surface area contributed by atoms with Crippen LogP contribution in [0.2, 0.25) is 0 Å². The molecular weight excluding hydrogens is 326 g/mol. The fourth-order valence-corrected chi connectivity index (χ4v) is 2.78. The lowest BCUT2D eigenvalue weighted by Gasteiger charge is -2.23. The number of hydrogen-bond donors (Lipinski definition) is 2. The van der Waals surface area contributed by atoms with Crippen molar-refractivity contribution in [1.82, 2.24) is 20.1 Å². The summed E-state index contributed by atoms with van der Waals surface area (Å²) in [6.07, 6.45) is 0.652. The predicted molar refractivity (Wildman–Crippen MR) is 103 cm³/mol. The van der Waals surface area contributed by atoms with E-state index in [4.69, 9.17) is 0 Å². The standard InChI is InChI=1S/C20H23N5O/c1-14-21-19(24-23-14)16-10-7-11-17(13-16)22-20(26)18(25(2)3)12-15-8-5-4-6-9-15/h4-11,13,18H,12H2,1-3H3,(H,22,26)(H,21,23,24)/t18-/m0/s1. The van der Waals surface area contributed by atoms with Crippen molar-refractivity contribution in [2.45, 2.75) is 19.4 Å². The molecular formula is C20H23N5O. The average molecular weight is 349 g/mol. The molecule has 0 saturated carbocycles. The van der Waals surface area contributed by atoms with E-state index >= 15 is 0 Å². The highest BCUT2D eigenvalue weighted by molar-refractivity contribution is 5.95. The molecule has 0 fully saturated rings. The highest BCUT2D eigenvalue weighted by Gasteiger charge is 2.21. The van der Waals surface area contributed by atoms with Crippen molar-refractivity contribution in [3.05, 3.63) is 66.0 Å². The summed E-state index contributed by atoms with van der Waals surface area (Å²) in [4.78, 5) is 19.1. The molecule has 6 nitrogen and oxygen atoms in total. The van der Waals surface area contributed by atoms with Crippen molar-refractivity contribution in [1.29, 1.82) is 0 Å². The molecule has 134 valence electrons. The van der Waals surface area contributed by atoms with Gasteiger partial charge in [0.25, 0.3) is 0 Å². The monoisotopic (exact) mass is 349 g/mol. The van der Waals surface area contributed by atoms with Crippen molar-refractivity contribution in [2.75, 3.05) is 19.4 Å². The predicted octanol–water partition coefficient (Wildman–Crippen LogP) is 2.89. The van der Waals surface area contributed by atoms with Gasteiger partial charge in [-0.2, -0.15) is 5.10 Å². The Hall–Kier alpha value is -2.99. The molecule has 0 radical (unpaired) electrons. The van der Waals surface area contributed by atoms with Crippen LogP contribution in [-0.2, 0) is 11.2 Å². The summed E-state index contributed by atoms with van der Waals surface area (Å²) in [5.41, 5.74) is 2.72. The van der Waals surface area contributed by atoms with Crippen molar-refractivity contribution in [3.8, 4) is 11.4 Å². The van der Waals surface area contributed by atoms with Gasteiger partial charge >= 0.3 is 0 Å². The first-order chi connectivity index (χ1) is 12.5. The number of nitrogens with zero attached hydrogens (tertiary/aromatic N) is 3. The van der Waals surface area contributed by atoms with Gasteiger partial charge in [-0.3, -0.25) is 14.8 Å². The number of carbonyl (C=O) groups excluding carboxylic acids is 1. The molecule has 26 heavy (non-hydrogen) atoms. The molecule has 0 aliphatic carbocycles. The van der Waals surface area contributed by atoms with Crippen LogP contribution in [0.25, 0.3) is 11.4 Å². The molecule has 0 bridgehead atoms. The molecule has 3 rings (SSSR count). The molecule has 6 heteroatoms. The normalized spacial score (nSPS) is 12.2. The SMILES string of the molecule is Cc1nc(-c2cccc(NC(=O)[C@H](Cc3ccccc3)N(C)C)c2)n[nH]1. The van der Waals surface area contributed by atoms with Crippen LogP contribution >= 0.6 is 0 Å². The van der Waals surface area contributed by atoms with E-state index in [0.717, 1.165) is 22.6 Å². The van der Waals surface area contributed by atoms with Crippen molar-refractivity contribution in [3.63, 3.8) is 0 Å². The van der Waals surface area contributed by atoms with Gasteiger partial charge in [0.15, 0.2) is 5.82 Å². The molecule has 0 saturated heterocycles. The van der Waals surface area contributed by atoms with Gasteiger partial charge in [0.05, 0.1) is 6.04 Å². The van der Waals surface area contributed by atoms with Gasteiger partial charge in [0, 0.05) is 11.3 Å². The molecule has 2 aromatic carbocycles. The number of benzene rings is 2. The first kappa shape index (κ1) is 17.8. The van der Waals surface area contributed by atoms with Gasteiger partial charge in [-0.1, -0.05) is 42.5 Å². The molecule has 0 aliphatic rings. The number of likely N-dealkylation sites (N-methyl/N-ethyl adjacent to an activating group) is 1. The smallest absolute Gasteiger partial charge is 0.242 e. The summed E-state index contributed by atoms with van der Waals surface area (Å²) < 4.78 is 0. The van der Waals surface area contributed by atoms with Crippen LogP contribution in [0.15, 0.2) is 54.6 Å². The molecule has 0 spiro atoms. The highest BCUT2D eigenvalue weighted by atomic mass is 16.2. The largest absolute Gasteiger partial charge is 0.325 e. The minimum Gasteiger partial charge on any atom is -0.325 e. The lowest BCUT2D eigenvalue weighted by atomic mass is 10.0. The lowest BCUT2D eigenvalue weighted by molar-refractivity contribution is -0.120. The van der Waals surface area contributed by atoms with Crippen molar-refractivity contribution in [2.24, 2.45) is 0 Å². The van der Waals surface area contributed by atoms with Crippen LogP contribution in [0, 0.1) is 6.92 Å². The summed E-state index contributed by atoms with van der Waals surface area (Å²) in [7, 11) is 3.83. The first-order valence-electron chi connectivity index (χ1n) is 8.53. The number of aromatic amines is 1. The van der Waals surface area contributed by atoms with Crippen LogP contribution in [0.1, 0.15) is 11.4 Å². The third-order valence-corrected chi connectivity index (χ3v) is 4.18. The second kappa shape index (κ2) is 7.93. The van der Waals surface area contributed by atoms with Gasteiger partial charge in [-0.05, 0) is 45.1 Å². The highest BCUT2D eigenvalue weighted by Crippen LogP contribution is 2.20. The molecule has 1 amide bonds. The summed E-state index contributed by atoms with van der Waals surface area (Å²) in [5.74, 6) is 1.33. The van der Waals surface area contributed by atoms with Crippen LogP contribution in [-0.4, -0.2) is 46.1 Å². The number of H-pyrrole nitrogens is 1. The third kappa shape index (κ3) is 4.34.